The van der Waals surface area contributed by atoms with Crippen molar-refractivity contribution in [1.29, 1.82) is 0 Å². The molecule has 0 aliphatic heterocycles. The standard InChI is InChI=1S/C17H19N3O2S/c1-9-6-11(3)15-13(7-9)10(2)8-14-18-19-17(20(14)15)23-12(4)16(21)22-5/h6-8,12H,1-5H3/t12-/m1/s1. The average Bonchev–Trinajstić information content (AvgIpc) is 2.88. The number of thioether (sulfide) groups is 1. The fourth-order valence-corrected chi connectivity index (χ4v) is 3.75. The summed E-state index contributed by atoms with van der Waals surface area (Å²) in [5.41, 5.74) is 5.45. The first-order valence-corrected chi connectivity index (χ1v) is 8.30. The van der Waals surface area contributed by atoms with E-state index in [0.717, 1.165) is 11.2 Å². The van der Waals surface area contributed by atoms with Crippen LogP contribution in [0.3, 0.4) is 0 Å². The largest absolute Gasteiger partial charge is 0.468 e. The molecule has 23 heavy (non-hydrogen) atoms. The summed E-state index contributed by atoms with van der Waals surface area (Å²) in [6, 6.07) is 6.36. The molecule has 1 aromatic carbocycles. The van der Waals surface area contributed by atoms with E-state index in [4.69, 9.17) is 4.74 Å². The monoisotopic (exact) mass is 329 g/mol. The van der Waals surface area contributed by atoms with Crippen molar-refractivity contribution in [2.24, 2.45) is 0 Å². The van der Waals surface area contributed by atoms with Gasteiger partial charge in [-0.3, -0.25) is 9.20 Å². The number of aromatic nitrogens is 3. The van der Waals surface area contributed by atoms with Gasteiger partial charge in [0, 0.05) is 5.39 Å². The fraction of sp³-hybridized carbons (Fsp3) is 0.353. The van der Waals surface area contributed by atoms with Crippen molar-refractivity contribution < 1.29 is 9.53 Å². The maximum absolute atomic E-state index is 11.7. The number of carbonyl (C=O) groups is 1. The van der Waals surface area contributed by atoms with Gasteiger partial charge >= 0.3 is 5.97 Å². The average molecular weight is 329 g/mol. The van der Waals surface area contributed by atoms with E-state index in [1.807, 2.05) is 17.4 Å². The van der Waals surface area contributed by atoms with E-state index in [0.29, 0.717) is 5.16 Å². The van der Waals surface area contributed by atoms with Crippen LogP contribution in [0.4, 0.5) is 0 Å². The summed E-state index contributed by atoms with van der Waals surface area (Å²) in [6.07, 6.45) is 0. The zero-order valence-corrected chi connectivity index (χ0v) is 14.7. The number of aryl methyl sites for hydroxylation is 3. The van der Waals surface area contributed by atoms with Gasteiger partial charge in [0.15, 0.2) is 10.8 Å². The predicted octanol–water partition coefficient (Wildman–Crippen LogP) is 3.46. The van der Waals surface area contributed by atoms with Crippen LogP contribution in [-0.2, 0) is 9.53 Å². The second kappa shape index (κ2) is 5.85. The summed E-state index contributed by atoms with van der Waals surface area (Å²) >= 11 is 1.36. The SMILES string of the molecule is COC(=O)[C@@H](C)Sc1nnc2cc(C)c3cc(C)cc(C)c3n12. The van der Waals surface area contributed by atoms with Crippen LogP contribution >= 0.6 is 11.8 Å². The van der Waals surface area contributed by atoms with E-state index in [1.165, 1.54) is 40.9 Å². The molecule has 120 valence electrons. The summed E-state index contributed by atoms with van der Waals surface area (Å²) in [4.78, 5) is 11.7. The number of methoxy groups -OCH3 is 1. The number of carbonyl (C=O) groups excluding carboxylic acids is 1. The third kappa shape index (κ3) is 2.67. The van der Waals surface area contributed by atoms with Crippen molar-refractivity contribution in [2.75, 3.05) is 7.11 Å². The Labute approximate surface area is 139 Å². The predicted molar refractivity (Wildman–Crippen MR) is 92.0 cm³/mol. The van der Waals surface area contributed by atoms with Gasteiger partial charge in [-0.2, -0.15) is 0 Å². The van der Waals surface area contributed by atoms with Crippen molar-refractivity contribution in [3.63, 3.8) is 0 Å². The van der Waals surface area contributed by atoms with Crippen LogP contribution in [-0.4, -0.2) is 32.9 Å². The maximum Gasteiger partial charge on any atom is 0.318 e. The lowest BCUT2D eigenvalue weighted by atomic mass is 10.0. The van der Waals surface area contributed by atoms with Crippen LogP contribution in [0.15, 0.2) is 23.4 Å². The maximum atomic E-state index is 11.7. The molecule has 0 aliphatic rings. The van der Waals surface area contributed by atoms with E-state index in [-0.39, 0.29) is 11.2 Å². The highest BCUT2D eigenvalue weighted by atomic mass is 32.2. The van der Waals surface area contributed by atoms with Gasteiger partial charge < -0.3 is 4.74 Å². The quantitative estimate of drug-likeness (QED) is 0.544. The van der Waals surface area contributed by atoms with E-state index in [2.05, 4.69) is 43.1 Å². The number of ether oxygens (including phenoxy) is 1. The van der Waals surface area contributed by atoms with Crippen molar-refractivity contribution >= 4 is 34.3 Å². The Kier molecular flexibility index (Phi) is 4.02. The molecule has 1 atom stereocenters. The minimum absolute atomic E-state index is 0.268. The Balaban J connectivity index is 2.26. The molecule has 5 nitrogen and oxygen atoms in total. The van der Waals surface area contributed by atoms with E-state index in [9.17, 15) is 4.79 Å². The zero-order valence-electron chi connectivity index (χ0n) is 13.9. The number of esters is 1. The Morgan fingerprint density at radius 2 is 1.91 bits per heavy atom. The van der Waals surface area contributed by atoms with Gasteiger partial charge in [0.25, 0.3) is 0 Å². The molecule has 6 heteroatoms. The van der Waals surface area contributed by atoms with Crippen LogP contribution in [0, 0.1) is 20.8 Å². The molecular weight excluding hydrogens is 310 g/mol. The fourth-order valence-electron chi connectivity index (χ4n) is 2.86. The van der Waals surface area contributed by atoms with E-state index >= 15 is 0 Å². The van der Waals surface area contributed by atoms with Gasteiger partial charge in [-0.1, -0.05) is 23.4 Å². The molecule has 3 aromatic rings. The molecule has 0 radical (unpaired) electrons. The van der Waals surface area contributed by atoms with Crippen molar-refractivity contribution in [3.8, 4) is 0 Å². The van der Waals surface area contributed by atoms with Crippen LogP contribution in [0.25, 0.3) is 16.6 Å². The molecule has 0 saturated heterocycles. The second-order valence-electron chi connectivity index (χ2n) is 5.76. The minimum atomic E-state index is -0.338. The Bertz CT molecular complexity index is 917. The normalized spacial score (nSPS) is 12.7. The summed E-state index contributed by atoms with van der Waals surface area (Å²) in [5, 5.41) is 10.1. The summed E-state index contributed by atoms with van der Waals surface area (Å²) in [7, 11) is 1.40. The van der Waals surface area contributed by atoms with Gasteiger partial charge in [0.05, 0.1) is 12.6 Å². The summed E-state index contributed by atoms with van der Waals surface area (Å²) < 4.78 is 6.83. The Morgan fingerprint density at radius 1 is 1.17 bits per heavy atom. The molecule has 2 aromatic heterocycles. The molecular formula is C17H19N3O2S. The molecule has 0 saturated carbocycles. The van der Waals surface area contributed by atoms with Crippen molar-refractivity contribution in [3.05, 3.63) is 34.9 Å². The van der Waals surface area contributed by atoms with E-state index < -0.39 is 0 Å². The number of hydrogen-bond donors (Lipinski definition) is 0. The number of pyridine rings is 1. The van der Waals surface area contributed by atoms with Crippen LogP contribution in [0.5, 0.6) is 0 Å². The van der Waals surface area contributed by atoms with Crippen molar-refractivity contribution in [2.45, 2.75) is 38.1 Å². The highest BCUT2D eigenvalue weighted by Gasteiger charge is 2.20. The number of benzene rings is 1. The number of fused-ring (bicyclic) bond motifs is 3. The molecule has 0 unspecified atom stereocenters. The first-order chi connectivity index (χ1) is 10.9. The van der Waals surface area contributed by atoms with Crippen molar-refractivity contribution in [1.82, 2.24) is 14.6 Å². The molecule has 3 rings (SSSR count). The molecule has 2 heterocycles. The third-order valence-corrected chi connectivity index (χ3v) is 4.93. The summed E-state index contributed by atoms with van der Waals surface area (Å²) in [6.45, 7) is 8.08. The smallest absolute Gasteiger partial charge is 0.318 e. The summed E-state index contributed by atoms with van der Waals surface area (Å²) in [5.74, 6) is -0.268. The van der Waals surface area contributed by atoms with Gasteiger partial charge in [0.1, 0.15) is 5.25 Å². The lowest BCUT2D eigenvalue weighted by Gasteiger charge is -2.12. The number of rotatable bonds is 3. The first kappa shape index (κ1) is 15.8. The van der Waals surface area contributed by atoms with Crippen LogP contribution in [0.1, 0.15) is 23.6 Å². The Morgan fingerprint density at radius 3 is 2.61 bits per heavy atom. The molecule has 0 amide bonds. The molecule has 0 bridgehead atoms. The Hall–Kier alpha value is -2.08. The lowest BCUT2D eigenvalue weighted by Crippen LogP contribution is -2.15. The highest BCUT2D eigenvalue weighted by molar-refractivity contribution is 8.00. The zero-order chi connectivity index (χ0) is 16.7. The molecule has 0 spiro atoms. The minimum Gasteiger partial charge on any atom is -0.468 e. The van der Waals surface area contributed by atoms with Crippen LogP contribution < -0.4 is 0 Å². The lowest BCUT2D eigenvalue weighted by molar-refractivity contribution is -0.139. The molecule has 0 N–H and O–H groups in total. The van der Waals surface area contributed by atoms with Gasteiger partial charge in [-0.25, -0.2) is 0 Å². The van der Waals surface area contributed by atoms with Gasteiger partial charge in [0.2, 0.25) is 0 Å². The second-order valence-corrected chi connectivity index (χ2v) is 7.07. The topological polar surface area (TPSA) is 56.5 Å². The first-order valence-electron chi connectivity index (χ1n) is 7.42. The highest BCUT2D eigenvalue weighted by Crippen LogP contribution is 2.30. The van der Waals surface area contributed by atoms with Crippen LogP contribution in [0.2, 0.25) is 0 Å². The number of hydrogen-bond acceptors (Lipinski definition) is 5. The van der Waals surface area contributed by atoms with Gasteiger partial charge in [-0.15, -0.1) is 10.2 Å². The molecule has 0 fully saturated rings. The number of nitrogens with zero attached hydrogens (tertiary/aromatic N) is 3. The third-order valence-electron chi connectivity index (χ3n) is 3.91. The molecule has 0 aliphatic carbocycles. The van der Waals surface area contributed by atoms with Gasteiger partial charge in [-0.05, 0) is 51.0 Å². The van der Waals surface area contributed by atoms with E-state index in [1.54, 1.807) is 0 Å².